The Balaban J connectivity index is 2.54. The molecule has 0 fully saturated rings. The summed E-state index contributed by atoms with van der Waals surface area (Å²) in [5, 5.41) is 9.40. The van der Waals surface area contributed by atoms with Crippen LogP contribution in [0.25, 0.3) is 0 Å². The van der Waals surface area contributed by atoms with Gasteiger partial charge in [0.15, 0.2) is 6.29 Å². The first-order chi connectivity index (χ1) is 5.33. The van der Waals surface area contributed by atoms with Gasteiger partial charge in [0.05, 0.1) is 11.8 Å². The second-order valence-corrected chi connectivity index (χ2v) is 2.77. The average molecular weight is 151 g/mol. The van der Waals surface area contributed by atoms with Crippen molar-refractivity contribution in [3.63, 3.8) is 0 Å². The number of hydrogen-bond acceptors (Lipinski definition) is 2. The van der Waals surface area contributed by atoms with Crippen molar-refractivity contribution in [1.29, 1.82) is 0 Å². The molecule has 3 heteroatoms. The summed E-state index contributed by atoms with van der Waals surface area (Å²) in [5.41, 5.74) is 1.40. The third-order valence-corrected chi connectivity index (χ3v) is 2.13. The molecule has 2 rings (SSSR count). The van der Waals surface area contributed by atoms with Gasteiger partial charge in [-0.15, -0.1) is 0 Å². The minimum absolute atomic E-state index is 0.440. The van der Waals surface area contributed by atoms with Gasteiger partial charge in [0.2, 0.25) is 0 Å². The number of hydrogen-bond donors (Lipinski definition) is 1. The lowest BCUT2D eigenvalue weighted by Gasteiger charge is -1.99. The molecule has 0 aliphatic carbocycles. The van der Waals surface area contributed by atoms with Crippen LogP contribution in [0, 0.1) is 0 Å². The minimum Gasteiger partial charge on any atom is -0.387 e. The average Bonchev–Trinajstić information content (AvgIpc) is 2.54. The van der Waals surface area contributed by atoms with Crippen LogP contribution < -0.4 is 0 Å². The fourth-order valence-electron chi connectivity index (χ4n) is 1.58. The molecule has 3 nitrogen and oxygen atoms in total. The molecule has 0 saturated heterocycles. The van der Waals surface area contributed by atoms with Gasteiger partial charge in [-0.3, -0.25) is 4.79 Å². The molecule has 0 aromatic carbocycles. The van der Waals surface area contributed by atoms with Gasteiger partial charge in [-0.05, 0) is 12.5 Å². The number of aryl methyl sites for hydroxylation is 1. The third-order valence-electron chi connectivity index (χ3n) is 2.13. The summed E-state index contributed by atoms with van der Waals surface area (Å²) >= 11 is 0. The molecule has 0 spiro atoms. The lowest BCUT2D eigenvalue weighted by molar-refractivity contribution is 0.111. The maximum absolute atomic E-state index is 10.4. The van der Waals surface area contributed by atoms with Crippen molar-refractivity contribution < 1.29 is 9.90 Å². The van der Waals surface area contributed by atoms with Crippen LogP contribution >= 0.6 is 0 Å². The number of nitrogens with zero attached hydrogens (tertiary/aromatic N) is 1. The highest BCUT2D eigenvalue weighted by Gasteiger charge is 2.22. The number of carbonyl (C=O) groups excluding carboxylic acids is 1. The minimum atomic E-state index is -0.440. The van der Waals surface area contributed by atoms with Crippen molar-refractivity contribution in [2.75, 3.05) is 0 Å². The van der Waals surface area contributed by atoms with Gasteiger partial charge in [0.25, 0.3) is 0 Å². The maximum atomic E-state index is 10.4. The zero-order valence-electron chi connectivity index (χ0n) is 6.03. The molecular formula is C8H9NO2. The first kappa shape index (κ1) is 6.61. The molecule has 0 bridgehead atoms. The van der Waals surface area contributed by atoms with Gasteiger partial charge in [0, 0.05) is 18.3 Å². The molecule has 1 N–H and O–H groups in total. The molecule has 1 aromatic rings. The van der Waals surface area contributed by atoms with E-state index in [9.17, 15) is 9.90 Å². The van der Waals surface area contributed by atoms with Crippen molar-refractivity contribution in [3.05, 3.63) is 23.5 Å². The molecule has 58 valence electrons. The summed E-state index contributed by atoms with van der Waals surface area (Å²) in [7, 11) is 0. The Morgan fingerprint density at radius 1 is 1.73 bits per heavy atom. The van der Waals surface area contributed by atoms with Crippen molar-refractivity contribution in [2.24, 2.45) is 0 Å². The molecular weight excluding hydrogens is 142 g/mol. The van der Waals surface area contributed by atoms with Crippen LogP contribution in [0.3, 0.4) is 0 Å². The van der Waals surface area contributed by atoms with Crippen LogP contribution in [0.1, 0.15) is 28.6 Å². The smallest absolute Gasteiger partial charge is 0.151 e. The Hall–Kier alpha value is -1.09. The summed E-state index contributed by atoms with van der Waals surface area (Å²) in [6, 6.07) is 1.74. The number of aliphatic hydroxyl groups excluding tert-OH is 1. The van der Waals surface area contributed by atoms with E-state index in [0.29, 0.717) is 5.56 Å². The first-order valence-corrected chi connectivity index (χ1v) is 3.65. The third kappa shape index (κ3) is 0.811. The van der Waals surface area contributed by atoms with Gasteiger partial charge in [-0.25, -0.2) is 0 Å². The molecule has 1 atom stereocenters. The summed E-state index contributed by atoms with van der Waals surface area (Å²) in [6.07, 6.45) is 2.93. The summed E-state index contributed by atoms with van der Waals surface area (Å²) in [4.78, 5) is 10.4. The molecule has 2 heterocycles. The topological polar surface area (TPSA) is 42.2 Å². The molecule has 1 aromatic heterocycles. The number of aromatic nitrogens is 1. The Kier molecular flexibility index (Phi) is 1.32. The van der Waals surface area contributed by atoms with Gasteiger partial charge in [-0.2, -0.15) is 0 Å². The molecule has 0 amide bonds. The van der Waals surface area contributed by atoms with Crippen LogP contribution in [0.5, 0.6) is 0 Å². The van der Waals surface area contributed by atoms with E-state index in [1.807, 2.05) is 10.8 Å². The van der Waals surface area contributed by atoms with Crippen LogP contribution in [0.15, 0.2) is 12.3 Å². The van der Waals surface area contributed by atoms with E-state index in [-0.39, 0.29) is 0 Å². The van der Waals surface area contributed by atoms with Crippen molar-refractivity contribution in [3.8, 4) is 0 Å². The summed E-state index contributed by atoms with van der Waals surface area (Å²) in [5.74, 6) is 0. The maximum Gasteiger partial charge on any atom is 0.151 e. The first-order valence-electron chi connectivity index (χ1n) is 3.65. The molecule has 1 aliphatic heterocycles. The quantitative estimate of drug-likeness (QED) is 0.601. The lowest BCUT2D eigenvalue weighted by atomic mass is 10.1. The number of carbonyl (C=O) groups is 1. The Labute approximate surface area is 64.3 Å². The highest BCUT2D eigenvalue weighted by atomic mass is 16.3. The summed E-state index contributed by atoms with van der Waals surface area (Å²) in [6.45, 7) is 0.824. The predicted octanol–water partition coefficient (Wildman–Crippen LogP) is 0.738. The number of fused-ring (bicyclic) bond motifs is 1. The van der Waals surface area contributed by atoms with Crippen molar-refractivity contribution in [1.82, 2.24) is 4.57 Å². The Morgan fingerprint density at radius 3 is 3.27 bits per heavy atom. The largest absolute Gasteiger partial charge is 0.387 e. The van der Waals surface area contributed by atoms with Crippen molar-refractivity contribution >= 4 is 6.29 Å². The van der Waals surface area contributed by atoms with Crippen LogP contribution in [0.2, 0.25) is 0 Å². The SMILES string of the molecule is O=Cc1ccn2c1C(O)CC2. The molecule has 1 unspecified atom stereocenters. The highest BCUT2D eigenvalue weighted by molar-refractivity contribution is 5.77. The second kappa shape index (κ2) is 2.20. The zero-order chi connectivity index (χ0) is 7.84. The van der Waals surface area contributed by atoms with E-state index >= 15 is 0 Å². The van der Waals surface area contributed by atoms with Crippen molar-refractivity contribution in [2.45, 2.75) is 19.1 Å². The highest BCUT2D eigenvalue weighted by Crippen LogP contribution is 2.28. The monoisotopic (exact) mass is 151 g/mol. The molecule has 0 radical (unpaired) electrons. The second-order valence-electron chi connectivity index (χ2n) is 2.77. The Morgan fingerprint density at radius 2 is 2.55 bits per heavy atom. The van der Waals surface area contributed by atoms with E-state index in [2.05, 4.69) is 0 Å². The fraction of sp³-hybridized carbons (Fsp3) is 0.375. The van der Waals surface area contributed by atoms with E-state index in [1.54, 1.807) is 6.07 Å². The molecule has 1 aliphatic rings. The normalized spacial score (nSPS) is 21.7. The molecule has 11 heavy (non-hydrogen) atoms. The van der Waals surface area contributed by atoms with Crippen LogP contribution in [-0.4, -0.2) is 16.0 Å². The number of aldehydes is 1. The Bertz CT molecular complexity index is 290. The number of aliphatic hydroxyl groups is 1. The van der Waals surface area contributed by atoms with E-state index in [1.165, 1.54) is 0 Å². The van der Waals surface area contributed by atoms with Crippen LogP contribution in [-0.2, 0) is 6.54 Å². The standard InChI is InChI=1S/C8H9NO2/c10-5-6-1-3-9-4-2-7(11)8(6)9/h1,3,5,7,11H,2,4H2. The predicted molar refractivity (Wildman–Crippen MR) is 39.4 cm³/mol. The summed E-state index contributed by atoms with van der Waals surface area (Å²) < 4.78 is 1.92. The van der Waals surface area contributed by atoms with E-state index in [0.717, 1.165) is 24.9 Å². The lowest BCUT2D eigenvalue weighted by Crippen LogP contribution is -1.95. The van der Waals surface area contributed by atoms with Crippen LogP contribution in [0.4, 0.5) is 0 Å². The molecule has 0 saturated carbocycles. The van der Waals surface area contributed by atoms with Gasteiger partial charge in [0.1, 0.15) is 0 Å². The fourth-order valence-corrected chi connectivity index (χ4v) is 1.58. The van der Waals surface area contributed by atoms with Gasteiger partial charge in [-0.1, -0.05) is 0 Å². The number of rotatable bonds is 1. The zero-order valence-corrected chi connectivity index (χ0v) is 6.03. The van der Waals surface area contributed by atoms with E-state index < -0.39 is 6.10 Å². The van der Waals surface area contributed by atoms with Gasteiger partial charge < -0.3 is 9.67 Å². The van der Waals surface area contributed by atoms with Gasteiger partial charge >= 0.3 is 0 Å². The van der Waals surface area contributed by atoms with E-state index in [4.69, 9.17) is 0 Å².